The number of benzene rings is 2. The highest BCUT2D eigenvalue weighted by molar-refractivity contribution is 7.89. The number of carbonyl (C=O) groups is 1. The van der Waals surface area contributed by atoms with Gasteiger partial charge in [-0.2, -0.15) is 4.31 Å². The van der Waals surface area contributed by atoms with E-state index in [9.17, 15) is 23.3 Å². The lowest BCUT2D eigenvalue weighted by Crippen LogP contribution is -2.39. The second-order valence-corrected chi connectivity index (χ2v) is 10.1. The molecular weight excluding hydrogens is 460 g/mol. The molecule has 1 amide bonds. The number of non-ortho nitro benzene ring substituents is 1. The molecule has 0 radical (unpaired) electrons. The van der Waals surface area contributed by atoms with Gasteiger partial charge in [0.1, 0.15) is 0 Å². The van der Waals surface area contributed by atoms with Gasteiger partial charge in [-0.1, -0.05) is 19.9 Å². The Bertz CT molecular complexity index is 1210. The van der Waals surface area contributed by atoms with Gasteiger partial charge in [0.15, 0.2) is 0 Å². The van der Waals surface area contributed by atoms with Crippen LogP contribution in [0.5, 0.6) is 0 Å². The monoisotopic (exact) mass is 488 g/mol. The summed E-state index contributed by atoms with van der Waals surface area (Å²) in [6.45, 7) is 6.69. The van der Waals surface area contributed by atoms with Gasteiger partial charge in [-0.15, -0.1) is 0 Å². The van der Waals surface area contributed by atoms with Crippen LogP contribution in [0.1, 0.15) is 29.8 Å². The first kappa shape index (κ1) is 24.1. The Kier molecular flexibility index (Phi) is 6.87. The molecule has 0 bridgehead atoms. The van der Waals surface area contributed by atoms with Crippen molar-refractivity contribution in [1.29, 1.82) is 0 Å². The van der Waals surface area contributed by atoms with Crippen molar-refractivity contribution in [2.45, 2.75) is 25.2 Å². The SMILES string of the molecule is CCN(CC)S(=O)(=O)c1ccc(N2CCOCC2)c(C(=O)N2CCc3ccc([N+](=O)[O-])cc32)c1. The second kappa shape index (κ2) is 9.69. The molecule has 0 aromatic heterocycles. The molecule has 2 aliphatic heterocycles. The van der Waals surface area contributed by atoms with Crippen LogP contribution in [0.15, 0.2) is 41.3 Å². The summed E-state index contributed by atoms with van der Waals surface area (Å²) in [6, 6.07) is 9.17. The molecule has 2 heterocycles. The van der Waals surface area contributed by atoms with Crippen molar-refractivity contribution in [1.82, 2.24) is 4.31 Å². The van der Waals surface area contributed by atoms with E-state index in [4.69, 9.17) is 4.74 Å². The number of nitro benzene ring substituents is 1. The number of morpholine rings is 1. The van der Waals surface area contributed by atoms with Crippen molar-refractivity contribution in [2.24, 2.45) is 0 Å². The Hall–Kier alpha value is -3.02. The molecule has 182 valence electrons. The zero-order valence-corrected chi connectivity index (χ0v) is 20.1. The number of carbonyl (C=O) groups excluding carboxylic acids is 1. The van der Waals surface area contributed by atoms with Crippen molar-refractivity contribution in [2.75, 3.05) is 55.7 Å². The Labute approximate surface area is 198 Å². The lowest BCUT2D eigenvalue weighted by atomic mass is 10.1. The average molecular weight is 489 g/mol. The first-order valence-electron chi connectivity index (χ1n) is 11.3. The van der Waals surface area contributed by atoms with Crippen LogP contribution in [0.2, 0.25) is 0 Å². The van der Waals surface area contributed by atoms with Crippen LogP contribution in [0.25, 0.3) is 0 Å². The van der Waals surface area contributed by atoms with E-state index in [1.807, 2.05) is 4.90 Å². The Morgan fingerprint density at radius 1 is 1.06 bits per heavy atom. The molecular formula is C23H28N4O6S. The van der Waals surface area contributed by atoms with Crippen molar-refractivity contribution in [3.63, 3.8) is 0 Å². The fraction of sp³-hybridized carbons (Fsp3) is 0.435. The van der Waals surface area contributed by atoms with E-state index in [-0.39, 0.29) is 22.1 Å². The minimum atomic E-state index is -3.78. The number of nitro groups is 1. The standard InChI is InChI=1S/C23H28N4O6S/c1-3-25(4-2)34(31,32)19-7-8-21(24-11-13-33-14-12-24)20(16-19)23(28)26-10-9-17-5-6-18(27(29)30)15-22(17)26/h5-8,15-16H,3-4,9-14H2,1-2H3. The minimum Gasteiger partial charge on any atom is -0.378 e. The van der Waals surface area contributed by atoms with Crippen LogP contribution in [0.4, 0.5) is 17.1 Å². The van der Waals surface area contributed by atoms with Crippen LogP contribution in [0, 0.1) is 10.1 Å². The summed E-state index contributed by atoms with van der Waals surface area (Å²) < 4.78 is 33.2. The highest BCUT2D eigenvalue weighted by Crippen LogP contribution is 2.35. The molecule has 11 heteroatoms. The molecule has 0 atom stereocenters. The summed E-state index contributed by atoms with van der Waals surface area (Å²) in [5.74, 6) is -0.377. The van der Waals surface area contributed by atoms with Crippen LogP contribution >= 0.6 is 0 Å². The van der Waals surface area contributed by atoms with Crippen molar-refractivity contribution in [3.8, 4) is 0 Å². The lowest BCUT2D eigenvalue weighted by molar-refractivity contribution is -0.384. The van der Waals surface area contributed by atoms with Crippen molar-refractivity contribution < 1.29 is 22.9 Å². The number of rotatable bonds is 7. The van der Waals surface area contributed by atoms with E-state index in [0.29, 0.717) is 63.7 Å². The van der Waals surface area contributed by atoms with Gasteiger partial charge in [0.2, 0.25) is 10.0 Å². The second-order valence-electron chi connectivity index (χ2n) is 8.14. The molecule has 0 spiro atoms. The third-order valence-corrected chi connectivity index (χ3v) is 8.36. The van der Waals surface area contributed by atoms with Crippen LogP contribution < -0.4 is 9.80 Å². The number of anilines is 2. The van der Waals surface area contributed by atoms with Crippen LogP contribution in [0.3, 0.4) is 0 Å². The predicted molar refractivity (Wildman–Crippen MR) is 128 cm³/mol. The summed E-state index contributed by atoms with van der Waals surface area (Å²) in [7, 11) is -3.78. The number of nitrogens with zero attached hydrogens (tertiary/aromatic N) is 4. The van der Waals surface area contributed by atoms with Gasteiger partial charge in [0.05, 0.1) is 34.3 Å². The minimum absolute atomic E-state index is 0.0509. The zero-order valence-electron chi connectivity index (χ0n) is 19.3. The molecule has 0 aliphatic carbocycles. The smallest absolute Gasteiger partial charge is 0.271 e. The topological polar surface area (TPSA) is 113 Å². The molecule has 0 N–H and O–H groups in total. The molecule has 1 fully saturated rings. The Balaban J connectivity index is 1.80. The largest absolute Gasteiger partial charge is 0.378 e. The number of ether oxygens (including phenoxy) is 1. The molecule has 2 aromatic carbocycles. The Morgan fingerprint density at radius 2 is 1.76 bits per heavy atom. The fourth-order valence-electron chi connectivity index (χ4n) is 4.48. The third-order valence-electron chi connectivity index (χ3n) is 6.31. The van der Waals surface area contributed by atoms with Gasteiger partial charge >= 0.3 is 0 Å². The van der Waals surface area contributed by atoms with E-state index in [1.165, 1.54) is 33.5 Å². The molecule has 0 saturated carbocycles. The van der Waals surface area contributed by atoms with E-state index in [2.05, 4.69) is 0 Å². The van der Waals surface area contributed by atoms with Gasteiger partial charge in [0.25, 0.3) is 11.6 Å². The molecule has 10 nitrogen and oxygen atoms in total. The molecule has 2 aliphatic rings. The maximum atomic E-state index is 13.8. The number of hydrogen-bond acceptors (Lipinski definition) is 7. The van der Waals surface area contributed by atoms with Crippen LogP contribution in [-0.2, 0) is 21.2 Å². The van der Waals surface area contributed by atoms with E-state index in [0.717, 1.165) is 5.56 Å². The maximum Gasteiger partial charge on any atom is 0.271 e. The van der Waals surface area contributed by atoms with Gasteiger partial charge in [-0.25, -0.2) is 8.42 Å². The molecule has 1 saturated heterocycles. The van der Waals surface area contributed by atoms with Crippen molar-refractivity contribution in [3.05, 3.63) is 57.6 Å². The van der Waals surface area contributed by atoms with E-state index >= 15 is 0 Å². The Morgan fingerprint density at radius 3 is 2.41 bits per heavy atom. The summed E-state index contributed by atoms with van der Waals surface area (Å²) in [6.07, 6.45) is 0.573. The van der Waals surface area contributed by atoms with Gasteiger partial charge in [0, 0.05) is 50.5 Å². The predicted octanol–water partition coefficient (Wildman–Crippen LogP) is 2.66. The normalized spacial score (nSPS) is 16.1. The van der Waals surface area contributed by atoms with Crippen molar-refractivity contribution >= 4 is 33.0 Å². The third kappa shape index (κ3) is 4.38. The van der Waals surface area contributed by atoms with Gasteiger partial charge in [-0.05, 0) is 30.2 Å². The molecule has 34 heavy (non-hydrogen) atoms. The first-order valence-corrected chi connectivity index (χ1v) is 12.8. The number of amides is 1. The fourth-order valence-corrected chi connectivity index (χ4v) is 5.96. The number of hydrogen-bond donors (Lipinski definition) is 0. The molecule has 2 aromatic rings. The molecule has 4 rings (SSSR count). The summed E-state index contributed by atoms with van der Waals surface area (Å²) in [5, 5.41) is 11.3. The highest BCUT2D eigenvalue weighted by atomic mass is 32.2. The maximum absolute atomic E-state index is 13.8. The van der Waals surface area contributed by atoms with Gasteiger partial charge in [-0.3, -0.25) is 14.9 Å². The number of sulfonamides is 1. The first-order chi connectivity index (χ1) is 16.3. The van der Waals surface area contributed by atoms with E-state index < -0.39 is 14.9 Å². The average Bonchev–Trinajstić information content (AvgIpc) is 3.27. The van der Waals surface area contributed by atoms with Crippen LogP contribution in [-0.4, -0.2) is 69.5 Å². The highest BCUT2D eigenvalue weighted by Gasteiger charge is 2.32. The summed E-state index contributed by atoms with van der Waals surface area (Å²) >= 11 is 0. The summed E-state index contributed by atoms with van der Waals surface area (Å²) in [5.41, 5.74) is 2.13. The summed E-state index contributed by atoms with van der Waals surface area (Å²) in [4.78, 5) is 28.2. The lowest BCUT2D eigenvalue weighted by Gasteiger charge is -2.31. The zero-order chi connectivity index (χ0) is 24.5. The van der Waals surface area contributed by atoms with E-state index in [1.54, 1.807) is 26.0 Å². The quantitative estimate of drug-likeness (QED) is 0.435. The molecule has 0 unspecified atom stereocenters. The number of fused-ring (bicyclic) bond motifs is 1. The van der Waals surface area contributed by atoms with Gasteiger partial charge < -0.3 is 14.5 Å².